The highest BCUT2D eigenvalue weighted by atomic mass is 16.5. The van der Waals surface area contributed by atoms with Crippen LogP contribution in [0.3, 0.4) is 0 Å². The highest BCUT2D eigenvalue weighted by Crippen LogP contribution is 2.37. The zero-order valence-electron chi connectivity index (χ0n) is 15.4. The third-order valence-corrected chi connectivity index (χ3v) is 4.08. The number of carbonyl (C=O) groups excluding carboxylic acids is 1. The van der Waals surface area contributed by atoms with Crippen LogP contribution in [0.5, 0.6) is 17.2 Å². The Hall–Kier alpha value is -3.48. The van der Waals surface area contributed by atoms with Crippen LogP contribution in [0, 0.1) is 0 Å². The predicted molar refractivity (Wildman–Crippen MR) is 104 cm³/mol. The lowest BCUT2D eigenvalue weighted by Gasteiger charge is -2.12. The Morgan fingerprint density at radius 3 is 2.44 bits per heavy atom. The largest absolute Gasteiger partial charge is 0.493 e. The molecule has 7 nitrogen and oxygen atoms in total. The number of amides is 1. The number of fused-ring (bicyclic) bond motifs is 1. The molecule has 0 aliphatic rings. The van der Waals surface area contributed by atoms with Gasteiger partial charge >= 0.3 is 0 Å². The number of rotatable bonds is 7. The maximum Gasteiger partial charge on any atom is 0.259 e. The number of hydrogen-bond acceptors (Lipinski definition) is 5. The van der Waals surface area contributed by atoms with Crippen LogP contribution in [0.4, 0.5) is 0 Å². The zero-order valence-corrected chi connectivity index (χ0v) is 15.4. The van der Waals surface area contributed by atoms with Gasteiger partial charge in [-0.25, -0.2) is 5.43 Å². The number of nitrogens with one attached hydrogen (secondary N) is 1. The highest BCUT2D eigenvalue weighted by molar-refractivity contribution is 5.85. The van der Waals surface area contributed by atoms with Crippen molar-refractivity contribution in [3.05, 3.63) is 54.2 Å². The van der Waals surface area contributed by atoms with Gasteiger partial charge in [0.1, 0.15) is 6.54 Å². The Balaban J connectivity index is 1.69. The average Bonchev–Trinajstić information content (AvgIpc) is 3.10. The lowest BCUT2D eigenvalue weighted by Crippen LogP contribution is -2.22. The van der Waals surface area contributed by atoms with E-state index in [1.165, 1.54) is 6.21 Å². The third-order valence-electron chi connectivity index (χ3n) is 4.08. The van der Waals surface area contributed by atoms with Crippen molar-refractivity contribution < 1.29 is 19.0 Å². The predicted octanol–water partition coefficient (Wildman–Crippen LogP) is 2.82. The minimum absolute atomic E-state index is 0.181. The van der Waals surface area contributed by atoms with Gasteiger partial charge in [0, 0.05) is 17.3 Å². The number of ether oxygens (including phenoxy) is 3. The highest BCUT2D eigenvalue weighted by Gasteiger charge is 2.12. The van der Waals surface area contributed by atoms with Crippen molar-refractivity contribution in [1.82, 2.24) is 9.99 Å². The second-order valence-corrected chi connectivity index (χ2v) is 5.75. The molecule has 140 valence electrons. The van der Waals surface area contributed by atoms with Crippen LogP contribution in [0.25, 0.3) is 10.9 Å². The Bertz CT molecular complexity index is 953. The number of hydrogen-bond donors (Lipinski definition) is 1. The molecule has 1 N–H and O–H groups in total. The molecule has 0 bridgehead atoms. The SMILES string of the molecule is COc1cc(C=NNC(=O)Cn2ccc3ccccc32)cc(OC)c1OC. The van der Waals surface area contributed by atoms with Gasteiger partial charge in [0.25, 0.3) is 5.91 Å². The minimum Gasteiger partial charge on any atom is -0.493 e. The number of aromatic nitrogens is 1. The molecule has 0 saturated heterocycles. The number of benzene rings is 2. The fourth-order valence-electron chi connectivity index (χ4n) is 2.82. The smallest absolute Gasteiger partial charge is 0.259 e. The molecule has 0 saturated carbocycles. The van der Waals surface area contributed by atoms with Gasteiger partial charge in [-0.1, -0.05) is 18.2 Å². The summed E-state index contributed by atoms with van der Waals surface area (Å²) in [6, 6.07) is 13.4. The van der Waals surface area contributed by atoms with Crippen LogP contribution in [0.1, 0.15) is 5.56 Å². The van der Waals surface area contributed by atoms with Gasteiger partial charge in [0.2, 0.25) is 5.75 Å². The molecule has 27 heavy (non-hydrogen) atoms. The number of nitrogens with zero attached hydrogens (tertiary/aromatic N) is 2. The summed E-state index contributed by atoms with van der Waals surface area (Å²) in [5.74, 6) is 1.31. The standard InChI is InChI=1S/C20H21N3O4/c1-25-17-10-14(11-18(26-2)20(17)27-3)12-21-22-19(24)13-23-9-8-15-6-4-5-7-16(15)23/h4-12H,13H2,1-3H3,(H,22,24). The van der Waals surface area contributed by atoms with Crippen molar-refractivity contribution in [1.29, 1.82) is 0 Å². The summed E-state index contributed by atoms with van der Waals surface area (Å²) in [7, 11) is 4.63. The van der Waals surface area contributed by atoms with E-state index in [-0.39, 0.29) is 12.5 Å². The zero-order chi connectivity index (χ0) is 19.2. The summed E-state index contributed by atoms with van der Waals surface area (Å²) in [5, 5.41) is 5.11. The van der Waals surface area contributed by atoms with Crippen LogP contribution in [0.2, 0.25) is 0 Å². The van der Waals surface area contributed by atoms with E-state index in [2.05, 4.69) is 10.5 Å². The Morgan fingerprint density at radius 2 is 1.78 bits per heavy atom. The van der Waals surface area contributed by atoms with E-state index in [4.69, 9.17) is 14.2 Å². The summed E-state index contributed by atoms with van der Waals surface area (Å²) in [5.41, 5.74) is 4.24. The molecule has 1 amide bonds. The van der Waals surface area contributed by atoms with Crippen molar-refractivity contribution in [2.75, 3.05) is 21.3 Å². The van der Waals surface area contributed by atoms with Gasteiger partial charge in [-0.2, -0.15) is 5.10 Å². The van der Waals surface area contributed by atoms with Crippen molar-refractivity contribution in [3.63, 3.8) is 0 Å². The minimum atomic E-state index is -0.222. The van der Waals surface area contributed by atoms with Gasteiger partial charge in [-0.05, 0) is 29.7 Å². The first-order valence-corrected chi connectivity index (χ1v) is 8.32. The van der Waals surface area contributed by atoms with E-state index >= 15 is 0 Å². The molecule has 3 rings (SSSR count). The molecule has 1 aromatic heterocycles. The third kappa shape index (κ3) is 4.03. The fourth-order valence-corrected chi connectivity index (χ4v) is 2.82. The first-order valence-electron chi connectivity index (χ1n) is 8.32. The summed E-state index contributed by atoms with van der Waals surface area (Å²) in [6.45, 7) is 0.181. The molecule has 0 radical (unpaired) electrons. The average molecular weight is 367 g/mol. The lowest BCUT2D eigenvalue weighted by atomic mass is 10.2. The summed E-state index contributed by atoms with van der Waals surface area (Å²) >= 11 is 0. The molecule has 1 heterocycles. The second-order valence-electron chi connectivity index (χ2n) is 5.75. The Labute approximate surface area is 157 Å². The number of para-hydroxylation sites is 1. The molecule has 0 atom stereocenters. The quantitative estimate of drug-likeness (QED) is 0.515. The van der Waals surface area contributed by atoms with Crippen molar-refractivity contribution in [2.24, 2.45) is 5.10 Å². The molecule has 0 aliphatic carbocycles. The maximum absolute atomic E-state index is 12.2. The molecule has 0 aliphatic heterocycles. The van der Waals surface area contributed by atoms with Gasteiger partial charge in [-0.15, -0.1) is 0 Å². The van der Waals surface area contributed by atoms with E-state index < -0.39 is 0 Å². The van der Waals surface area contributed by atoms with Crippen LogP contribution in [0.15, 0.2) is 53.8 Å². The van der Waals surface area contributed by atoms with E-state index in [1.807, 2.05) is 41.1 Å². The summed E-state index contributed by atoms with van der Waals surface area (Å²) < 4.78 is 17.8. The van der Waals surface area contributed by atoms with E-state index in [1.54, 1.807) is 33.5 Å². The molecule has 0 unspecified atom stereocenters. The molecular weight excluding hydrogens is 346 g/mol. The monoisotopic (exact) mass is 367 g/mol. The van der Waals surface area contributed by atoms with Gasteiger partial charge < -0.3 is 18.8 Å². The Kier molecular flexibility index (Phi) is 5.61. The molecule has 0 spiro atoms. The van der Waals surface area contributed by atoms with Crippen molar-refractivity contribution >= 4 is 23.0 Å². The number of methoxy groups -OCH3 is 3. The van der Waals surface area contributed by atoms with E-state index in [9.17, 15) is 4.79 Å². The van der Waals surface area contributed by atoms with E-state index in [0.29, 0.717) is 22.8 Å². The normalized spacial score (nSPS) is 10.9. The molecule has 2 aromatic carbocycles. The molecule has 0 fully saturated rings. The first kappa shape index (κ1) is 18.3. The summed E-state index contributed by atoms with van der Waals surface area (Å²) in [4.78, 5) is 12.2. The van der Waals surface area contributed by atoms with Gasteiger partial charge in [-0.3, -0.25) is 4.79 Å². The van der Waals surface area contributed by atoms with Crippen molar-refractivity contribution in [2.45, 2.75) is 6.54 Å². The van der Waals surface area contributed by atoms with Crippen molar-refractivity contribution in [3.8, 4) is 17.2 Å². The lowest BCUT2D eigenvalue weighted by molar-refractivity contribution is -0.121. The van der Waals surface area contributed by atoms with E-state index in [0.717, 1.165) is 10.9 Å². The summed E-state index contributed by atoms with van der Waals surface area (Å²) in [6.07, 6.45) is 3.41. The van der Waals surface area contributed by atoms with Crippen LogP contribution < -0.4 is 19.6 Å². The maximum atomic E-state index is 12.2. The van der Waals surface area contributed by atoms with Crippen LogP contribution in [-0.4, -0.2) is 38.0 Å². The second kappa shape index (κ2) is 8.27. The number of carbonyl (C=O) groups is 1. The number of hydrazone groups is 1. The molecular formula is C20H21N3O4. The topological polar surface area (TPSA) is 74.1 Å². The van der Waals surface area contributed by atoms with Crippen LogP contribution >= 0.6 is 0 Å². The first-order chi connectivity index (χ1) is 13.2. The van der Waals surface area contributed by atoms with Gasteiger partial charge in [0.05, 0.1) is 27.5 Å². The fraction of sp³-hybridized carbons (Fsp3) is 0.200. The van der Waals surface area contributed by atoms with Crippen LogP contribution in [-0.2, 0) is 11.3 Å². The van der Waals surface area contributed by atoms with Gasteiger partial charge in [0.15, 0.2) is 11.5 Å². The molecule has 7 heteroatoms. The Morgan fingerprint density at radius 1 is 1.07 bits per heavy atom. The molecule has 3 aromatic rings.